The van der Waals surface area contributed by atoms with Crippen LogP contribution in [0.25, 0.3) is 0 Å². The maximum atomic E-state index is 6.06. The standard InChI is InChI=1S/C16H20O/c1-3-13-10-11-14(4-2)16(17-12-13)15-8-6-5-7-9-15/h5-9,13,16H,2-3,10-12H2,1H3/t13-,16-/m0/s1. The van der Waals surface area contributed by atoms with E-state index < -0.39 is 0 Å². The highest BCUT2D eigenvalue weighted by Gasteiger charge is 2.23. The van der Waals surface area contributed by atoms with Gasteiger partial charge in [-0.3, -0.25) is 0 Å². The Balaban J connectivity index is 2.23. The monoisotopic (exact) mass is 228 g/mol. The maximum Gasteiger partial charge on any atom is 0.111 e. The Morgan fingerprint density at radius 2 is 2.12 bits per heavy atom. The summed E-state index contributed by atoms with van der Waals surface area (Å²) in [4.78, 5) is 0. The van der Waals surface area contributed by atoms with Crippen LogP contribution in [0.4, 0.5) is 0 Å². The molecule has 0 aliphatic carbocycles. The van der Waals surface area contributed by atoms with E-state index in [4.69, 9.17) is 4.74 Å². The first-order valence-electron chi connectivity index (χ1n) is 6.40. The van der Waals surface area contributed by atoms with Gasteiger partial charge in [0.05, 0.1) is 6.61 Å². The van der Waals surface area contributed by atoms with Crippen molar-refractivity contribution in [2.24, 2.45) is 5.92 Å². The van der Waals surface area contributed by atoms with E-state index in [1.165, 1.54) is 24.0 Å². The van der Waals surface area contributed by atoms with Gasteiger partial charge in [-0.1, -0.05) is 50.3 Å². The van der Waals surface area contributed by atoms with E-state index in [0.29, 0.717) is 5.92 Å². The zero-order valence-electron chi connectivity index (χ0n) is 10.5. The summed E-state index contributed by atoms with van der Waals surface area (Å²) < 4.78 is 6.06. The average molecular weight is 228 g/mol. The van der Waals surface area contributed by atoms with Gasteiger partial charge < -0.3 is 4.74 Å². The molecule has 0 aromatic heterocycles. The molecule has 1 fully saturated rings. The summed E-state index contributed by atoms with van der Waals surface area (Å²) >= 11 is 0. The molecule has 1 aliphatic heterocycles. The predicted molar refractivity (Wildman–Crippen MR) is 70.8 cm³/mol. The first kappa shape index (κ1) is 12.2. The highest BCUT2D eigenvalue weighted by Crippen LogP contribution is 2.33. The molecule has 0 spiro atoms. The van der Waals surface area contributed by atoms with Crippen molar-refractivity contribution < 1.29 is 4.74 Å². The van der Waals surface area contributed by atoms with Crippen LogP contribution in [-0.2, 0) is 4.74 Å². The van der Waals surface area contributed by atoms with Crippen LogP contribution in [0.5, 0.6) is 0 Å². The molecule has 0 amide bonds. The van der Waals surface area contributed by atoms with Crippen LogP contribution in [0.3, 0.4) is 0 Å². The van der Waals surface area contributed by atoms with Crippen molar-refractivity contribution in [2.45, 2.75) is 32.3 Å². The van der Waals surface area contributed by atoms with Gasteiger partial charge in [0, 0.05) is 5.57 Å². The Kier molecular flexibility index (Phi) is 4.19. The number of hydrogen-bond acceptors (Lipinski definition) is 1. The number of rotatable bonds is 2. The second-order valence-electron chi connectivity index (χ2n) is 4.64. The summed E-state index contributed by atoms with van der Waals surface area (Å²) in [5.41, 5.74) is 5.50. The van der Waals surface area contributed by atoms with Gasteiger partial charge in [0.2, 0.25) is 0 Å². The fourth-order valence-corrected chi connectivity index (χ4v) is 2.34. The van der Waals surface area contributed by atoms with Gasteiger partial charge in [0.25, 0.3) is 0 Å². The van der Waals surface area contributed by atoms with Gasteiger partial charge in [0.1, 0.15) is 6.10 Å². The Morgan fingerprint density at radius 1 is 1.35 bits per heavy atom. The second-order valence-corrected chi connectivity index (χ2v) is 4.64. The van der Waals surface area contributed by atoms with E-state index >= 15 is 0 Å². The molecule has 1 heterocycles. The van der Waals surface area contributed by atoms with Crippen molar-refractivity contribution in [1.29, 1.82) is 0 Å². The molecule has 0 radical (unpaired) electrons. The quantitative estimate of drug-likeness (QED) is 0.687. The lowest BCUT2D eigenvalue weighted by molar-refractivity contribution is 0.0597. The fourth-order valence-electron chi connectivity index (χ4n) is 2.34. The lowest BCUT2D eigenvalue weighted by Gasteiger charge is -2.17. The van der Waals surface area contributed by atoms with Crippen LogP contribution in [0.15, 0.2) is 48.2 Å². The minimum Gasteiger partial charge on any atom is -0.368 e. The topological polar surface area (TPSA) is 9.23 Å². The predicted octanol–water partition coefficient (Wildman–Crippen LogP) is 4.28. The van der Waals surface area contributed by atoms with Crippen molar-refractivity contribution in [3.63, 3.8) is 0 Å². The molecule has 1 heteroatoms. The zero-order chi connectivity index (χ0) is 12.1. The van der Waals surface area contributed by atoms with Gasteiger partial charge in [-0.05, 0) is 24.3 Å². The molecule has 2 atom stereocenters. The molecular weight excluding hydrogens is 208 g/mol. The molecule has 1 saturated heterocycles. The summed E-state index contributed by atoms with van der Waals surface area (Å²) in [6, 6.07) is 10.4. The molecule has 1 aromatic rings. The minimum absolute atomic E-state index is 0.0604. The molecule has 1 nitrogen and oxygen atoms in total. The smallest absolute Gasteiger partial charge is 0.111 e. The van der Waals surface area contributed by atoms with Crippen molar-refractivity contribution in [3.8, 4) is 0 Å². The minimum atomic E-state index is 0.0604. The van der Waals surface area contributed by atoms with Gasteiger partial charge >= 0.3 is 0 Å². The van der Waals surface area contributed by atoms with Crippen molar-refractivity contribution in [3.05, 3.63) is 53.8 Å². The zero-order valence-corrected chi connectivity index (χ0v) is 10.5. The lowest BCUT2D eigenvalue weighted by atomic mass is 9.95. The van der Waals surface area contributed by atoms with Crippen LogP contribution in [0.1, 0.15) is 37.9 Å². The third kappa shape index (κ3) is 2.88. The maximum absolute atomic E-state index is 6.06. The lowest BCUT2D eigenvalue weighted by Crippen LogP contribution is -2.08. The first-order chi connectivity index (χ1) is 8.35. The van der Waals surface area contributed by atoms with Gasteiger partial charge in [-0.2, -0.15) is 0 Å². The number of benzene rings is 1. The van der Waals surface area contributed by atoms with Crippen molar-refractivity contribution in [1.82, 2.24) is 0 Å². The SMILES string of the molecule is C=C=C1CC[C@H](CC)CO[C@@H]1c1ccccc1. The first-order valence-corrected chi connectivity index (χ1v) is 6.40. The van der Waals surface area contributed by atoms with Crippen LogP contribution >= 0.6 is 0 Å². The molecule has 0 N–H and O–H groups in total. The highest BCUT2D eigenvalue weighted by molar-refractivity contribution is 5.26. The third-order valence-corrected chi connectivity index (χ3v) is 3.54. The van der Waals surface area contributed by atoms with E-state index in [2.05, 4.69) is 43.5 Å². The van der Waals surface area contributed by atoms with Gasteiger partial charge in [0.15, 0.2) is 0 Å². The summed E-state index contributed by atoms with van der Waals surface area (Å²) in [7, 11) is 0. The summed E-state index contributed by atoms with van der Waals surface area (Å²) in [5.74, 6) is 0.673. The van der Waals surface area contributed by atoms with Gasteiger partial charge in [-0.15, -0.1) is 5.73 Å². The second kappa shape index (κ2) is 5.86. The Labute approximate surface area is 104 Å². The fraction of sp³-hybridized carbons (Fsp3) is 0.438. The van der Waals surface area contributed by atoms with E-state index in [9.17, 15) is 0 Å². The normalized spacial score (nSPS) is 25.1. The molecule has 1 aromatic carbocycles. The summed E-state index contributed by atoms with van der Waals surface area (Å²) in [6.07, 6.45) is 3.50. The Hall–Kier alpha value is -1.30. The summed E-state index contributed by atoms with van der Waals surface area (Å²) in [6.45, 7) is 6.89. The Bertz CT molecular complexity index is 401. The molecule has 0 saturated carbocycles. The molecule has 0 unspecified atom stereocenters. The largest absolute Gasteiger partial charge is 0.368 e. The molecule has 1 aliphatic rings. The van der Waals surface area contributed by atoms with Crippen LogP contribution < -0.4 is 0 Å². The third-order valence-electron chi connectivity index (χ3n) is 3.54. The molecule has 2 rings (SSSR count). The van der Waals surface area contributed by atoms with Crippen LogP contribution in [-0.4, -0.2) is 6.61 Å². The average Bonchev–Trinajstić information content (AvgIpc) is 2.61. The Morgan fingerprint density at radius 3 is 2.76 bits per heavy atom. The van der Waals surface area contributed by atoms with Crippen LogP contribution in [0.2, 0.25) is 0 Å². The molecule has 0 bridgehead atoms. The van der Waals surface area contributed by atoms with Crippen LogP contribution in [0, 0.1) is 5.92 Å². The van der Waals surface area contributed by atoms with E-state index in [1.807, 2.05) is 6.07 Å². The highest BCUT2D eigenvalue weighted by atomic mass is 16.5. The van der Waals surface area contributed by atoms with Crippen molar-refractivity contribution in [2.75, 3.05) is 6.61 Å². The molecule has 90 valence electrons. The van der Waals surface area contributed by atoms with Crippen molar-refractivity contribution >= 4 is 0 Å². The number of ether oxygens (including phenoxy) is 1. The summed E-state index contributed by atoms with van der Waals surface area (Å²) in [5, 5.41) is 0. The molecule has 17 heavy (non-hydrogen) atoms. The number of hydrogen-bond donors (Lipinski definition) is 0. The van der Waals surface area contributed by atoms with E-state index in [1.54, 1.807) is 0 Å². The van der Waals surface area contributed by atoms with Gasteiger partial charge in [-0.25, -0.2) is 0 Å². The van der Waals surface area contributed by atoms with E-state index in [-0.39, 0.29) is 6.10 Å². The van der Waals surface area contributed by atoms with E-state index in [0.717, 1.165) is 13.0 Å². The molecular formula is C16H20O.